The van der Waals surface area contributed by atoms with Crippen molar-refractivity contribution in [1.82, 2.24) is 15.1 Å². The minimum atomic E-state index is -0.310. The summed E-state index contributed by atoms with van der Waals surface area (Å²) in [5.74, 6) is -0.544. The van der Waals surface area contributed by atoms with Crippen LogP contribution in [-0.2, 0) is 20.7 Å². The number of piperidine rings is 1. The highest BCUT2D eigenvalue weighted by Gasteiger charge is 2.23. The number of nitrogens with zero attached hydrogens (tertiary/aromatic N) is 2. The molecule has 1 aromatic heterocycles. The van der Waals surface area contributed by atoms with Crippen LogP contribution in [0, 0.1) is 5.92 Å². The van der Waals surface area contributed by atoms with Crippen LogP contribution in [0.4, 0.5) is 0 Å². The highest BCUT2D eigenvalue weighted by Crippen LogP contribution is 2.13. The fourth-order valence-corrected chi connectivity index (χ4v) is 2.59. The lowest BCUT2D eigenvalue weighted by molar-refractivity contribution is -0.146. The van der Waals surface area contributed by atoms with E-state index in [0.29, 0.717) is 6.54 Å². The van der Waals surface area contributed by atoms with Crippen LogP contribution < -0.4 is 5.32 Å². The van der Waals surface area contributed by atoms with Gasteiger partial charge in [-0.3, -0.25) is 9.59 Å². The molecule has 1 fully saturated rings. The first-order valence-corrected chi connectivity index (χ1v) is 7.74. The van der Waals surface area contributed by atoms with Gasteiger partial charge in [0.1, 0.15) is 6.61 Å². The Morgan fingerprint density at radius 3 is 2.87 bits per heavy atom. The number of aromatic nitrogens is 2. The Bertz CT molecular complexity index is 665. The third kappa shape index (κ3) is 3.97. The summed E-state index contributed by atoms with van der Waals surface area (Å²) in [7, 11) is 0. The molecule has 0 radical (unpaired) electrons. The van der Waals surface area contributed by atoms with Gasteiger partial charge in [-0.05, 0) is 36.6 Å². The van der Waals surface area contributed by atoms with Gasteiger partial charge in [-0.15, -0.1) is 0 Å². The topological polar surface area (TPSA) is 73.2 Å². The molecular weight excluding hydrogens is 294 g/mol. The van der Waals surface area contributed by atoms with Crippen LogP contribution in [0.3, 0.4) is 0 Å². The van der Waals surface area contributed by atoms with E-state index in [0.717, 1.165) is 24.1 Å². The van der Waals surface area contributed by atoms with Gasteiger partial charge >= 0.3 is 5.97 Å². The number of hydrogen-bond donors (Lipinski definition) is 1. The molecule has 1 N–H and O–H groups in total. The van der Waals surface area contributed by atoms with E-state index in [-0.39, 0.29) is 30.8 Å². The van der Waals surface area contributed by atoms with Gasteiger partial charge in [-0.2, -0.15) is 5.10 Å². The zero-order valence-electron chi connectivity index (χ0n) is 12.8. The normalized spacial score (nSPS) is 17.6. The first-order chi connectivity index (χ1) is 11.2. The molecule has 120 valence electrons. The zero-order valence-corrected chi connectivity index (χ0v) is 12.8. The Morgan fingerprint density at radius 2 is 2.17 bits per heavy atom. The lowest BCUT2D eigenvalue weighted by atomic mass is 10.00. The Hall–Kier alpha value is -2.63. The second-order valence-electron chi connectivity index (χ2n) is 5.61. The number of hydrogen-bond acceptors (Lipinski definition) is 4. The van der Waals surface area contributed by atoms with Crippen molar-refractivity contribution in [3.63, 3.8) is 0 Å². The first-order valence-electron chi connectivity index (χ1n) is 7.74. The van der Waals surface area contributed by atoms with Crippen LogP contribution in [0.1, 0.15) is 18.4 Å². The summed E-state index contributed by atoms with van der Waals surface area (Å²) < 4.78 is 6.99. The maximum absolute atomic E-state index is 11.9. The first kappa shape index (κ1) is 15.3. The van der Waals surface area contributed by atoms with E-state index in [1.807, 2.05) is 36.5 Å². The zero-order chi connectivity index (χ0) is 16.1. The maximum atomic E-state index is 11.9. The number of amides is 1. The minimum Gasteiger partial charge on any atom is -0.465 e. The number of esters is 1. The van der Waals surface area contributed by atoms with E-state index in [2.05, 4.69) is 10.4 Å². The molecule has 0 bridgehead atoms. The van der Waals surface area contributed by atoms with Gasteiger partial charge in [-0.25, -0.2) is 4.68 Å². The van der Waals surface area contributed by atoms with Crippen molar-refractivity contribution in [3.8, 4) is 5.69 Å². The molecule has 0 spiro atoms. The molecule has 2 aromatic rings. The van der Waals surface area contributed by atoms with Crippen molar-refractivity contribution in [2.45, 2.75) is 19.3 Å². The molecule has 1 aliphatic rings. The molecule has 2 heterocycles. The second kappa shape index (κ2) is 7.09. The number of nitrogens with one attached hydrogen (secondary N) is 1. The van der Waals surface area contributed by atoms with Crippen molar-refractivity contribution in [1.29, 1.82) is 0 Å². The SMILES string of the molecule is O=C(Cc1ccc(-n2cccn2)cc1)OCC1CCCNC1=O. The van der Waals surface area contributed by atoms with E-state index in [9.17, 15) is 9.59 Å². The predicted molar refractivity (Wildman–Crippen MR) is 84.0 cm³/mol. The molecule has 23 heavy (non-hydrogen) atoms. The van der Waals surface area contributed by atoms with Crippen molar-refractivity contribution in [3.05, 3.63) is 48.3 Å². The molecule has 6 nitrogen and oxygen atoms in total. The van der Waals surface area contributed by atoms with Gasteiger partial charge in [-0.1, -0.05) is 12.1 Å². The second-order valence-corrected chi connectivity index (χ2v) is 5.61. The van der Waals surface area contributed by atoms with Gasteiger partial charge in [0.05, 0.1) is 18.0 Å². The average molecular weight is 313 g/mol. The fraction of sp³-hybridized carbons (Fsp3) is 0.353. The third-order valence-electron chi connectivity index (χ3n) is 3.90. The van der Waals surface area contributed by atoms with Crippen molar-refractivity contribution < 1.29 is 14.3 Å². The van der Waals surface area contributed by atoms with E-state index < -0.39 is 0 Å². The lowest BCUT2D eigenvalue weighted by Gasteiger charge is -2.21. The Labute approximate surface area is 134 Å². The largest absolute Gasteiger partial charge is 0.465 e. The summed E-state index contributed by atoms with van der Waals surface area (Å²) >= 11 is 0. The molecule has 1 aliphatic heterocycles. The van der Waals surface area contributed by atoms with E-state index in [1.54, 1.807) is 10.9 Å². The molecule has 1 aromatic carbocycles. The highest BCUT2D eigenvalue weighted by atomic mass is 16.5. The van der Waals surface area contributed by atoms with Crippen LogP contribution in [0.5, 0.6) is 0 Å². The van der Waals surface area contributed by atoms with E-state index in [4.69, 9.17) is 4.74 Å². The standard InChI is InChI=1S/C17H19N3O3/c21-16(23-12-14-3-1-8-18-17(14)22)11-13-4-6-15(7-5-13)20-10-2-9-19-20/h2,4-7,9-10,14H,1,3,8,11-12H2,(H,18,22). The summed E-state index contributed by atoms with van der Waals surface area (Å²) in [5, 5.41) is 6.94. The van der Waals surface area contributed by atoms with Crippen LogP contribution in [0.15, 0.2) is 42.7 Å². The van der Waals surface area contributed by atoms with Gasteiger partial charge in [0, 0.05) is 18.9 Å². The van der Waals surface area contributed by atoms with Crippen molar-refractivity contribution >= 4 is 11.9 Å². The molecule has 0 saturated carbocycles. The summed E-state index contributed by atoms with van der Waals surface area (Å²) in [6.45, 7) is 0.877. The molecule has 6 heteroatoms. The van der Waals surface area contributed by atoms with Crippen molar-refractivity contribution in [2.75, 3.05) is 13.2 Å². The number of rotatable bonds is 5. The number of carbonyl (C=O) groups is 2. The van der Waals surface area contributed by atoms with Crippen LogP contribution >= 0.6 is 0 Å². The average Bonchev–Trinajstić information content (AvgIpc) is 3.09. The van der Waals surface area contributed by atoms with Crippen LogP contribution in [0.25, 0.3) is 5.69 Å². The highest BCUT2D eigenvalue weighted by molar-refractivity contribution is 5.80. The quantitative estimate of drug-likeness (QED) is 0.849. The smallest absolute Gasteiger partial charge is 0.310 e. The molecular formula is C17H19N3O3. The van der Waals surface area contributed by atoms with E-state index in [1.165, 1.54) is 0 Å². The monoisotopic (exact) mass is 313 g/mol. The number of ether oxygens (including phenoxy) is 1. The molecule has 1 amide bonds. The Kier molecular flexibility index (Phi) is 4.71. The minimum absolute atomic E-state index is 0.0207. The number of carbonyl (C=O) groups excluding carboxylic acids is 2. The summed E-state index contributed by atoms with van der Waals surface area (Å²) in [6, 6.07) is 9.43. The number of benzene rings is 1. The van der Waals surface area contributed by atoms with Gasteiger partial charge in [0.15, 0.2) is 0 Å². The van der Waals surface area contributed by atoms with Gasteiger partial charge in [0.2, 0.25) is 5.91 Å². The summed E-state index contributed by atoms with van der Waals surface area (Å²) in [5.41, 5.74) is 1.81. The summed E-state index contributed by atoms with van der Waals surface area (Å²) in [6.07, 6.45) is 5.49. The third-order valence-corrected chi connectivity index (χ3v) is 3.90. The maximum Gasteiger partial charge on any atom is 0.310 e. The van der Waals surface area contributed by atoms with Gasteiger partial charge in [0.25, 0.3) is 0 Å². The molecule has 1 saturated heterocycles. The summed E-state index contributed by atoms with van der Waals surface area (Å²) in [4.78, 5) is 23.5. The Balaban J connectivity index is 1.50. The Morgan fingerprint density at radius 1 is 1.35 bits per heavy atom. The molecule has 1 unspecified atom stereocenters. The van der Waals surface area contributed by atoms with Gasteiger partial charge < -0.3 is 10.1 Å². The van der Waals surface area contributed by atoms with E-state index >= 15 is 0 Å². The fourth-order valence-electron chi connectivity index (χ4n) is 2.59. The van der Waals surface area contributed by atoms with Crippen LogP contribution in [-0.4, -0.2) is 34.8 Å². The molecule has 3 rings (SSSR count). The molecule has 0 aliphatic carbocycles. The molecule has 1 atom stereocenters. The lowest BCUT2D eigenvalue weighted by Crippen LogP contribution is -2.39. The predicted octanol–water partition coefficient (Wildman–Crippen LogP) is 1.48. The van der Waals surface area contributed by atoms with Crippen molar-refractivity contribution in [2.24, 2.45) is 5.92 Å². The van der Waals surface area contributed by atoms with Crippen LogP contribution in [0.2, 0.25) is 0 Å².